The smallest absolute Gasteiger partial charge is 0.129 e. The van der Waals surface area contributed by atoms with Crippen molar-refractivity contribution in [2.45, 2.75) is 91.1 Å². The molecule has 1 heterocycles. The molecule has 0 amide bonds. The largest absolute Gasteiger partial charge is 0.393 e. The number of nitrogens with zero attached hydrogens (tertiary/aromatic N) is 1. The van der Waals surface area contributed by atoms with Crippen molar-refractivity contribution in [1.82, 2.24) is 4.98 Å². The zero-order valence-electron chi connectivity index (χ0n) is 19.6. The topological polar surface area (TPSA) is 33.1 Å². The minimum absolute atomic E-state index is 0.101. The molecule has 0 saturated heterocycles. The van der Waals surface area contributed by atoms with Gasteiger partial charge in [0.15, 0.2) is 0 Å². The minimum Gasteiger partial charge on any atom is -0.393 e. The third-order valence-electron chi connectivity index (χ3n) is 10.5. The number of aryl methyl sites for hydroxylation is 1. The summed E-state index contributed by atoms with van der Waals surface area (Å²) in [5.74, 6) is 4.15. The highest BCUT2D eigenvalue weighted by atomic mass is 35.5. The highest BCUT2D eigenvalue weighted by molar-refractivity contribution is 6.29. The van der Waals surface area contributed by atoms with E-state index in [1.165, 1.54) is 44.9 Å². The van der Waals surface area contributed by atoms with Crippen LogP contribution in [-0.4, -0.2) is 16.2 Å². The molecule has 5 rings (SSSR count). The van der Waals surface area contributed by atoms with E-state index in [2.05, 4.69) is 37.9 Å². The van der Waals surface area contributed by atoms with Crippen LogP contribution in [0.25, 0.3) is 0 Å². The van der Waals surface area contributed by atoms with Gasteiger partial charge in [-0.15, -0.1) is 0 Å². The van der Waals surface area contributed by atoms with Crippen molar-refractivity contribution in [3.8, 4) is 0 Å². The van der Waals surface area contributed by atoms with Gasteiger partial charge in [0.25, 0.3) is 0 Å². The molecule has 3 fully saturated rings. The van der Waals surface area contributed by atoms with Gasteiger partial charge in [0.05, 0.1) is 6.10 Å². The van der Waals surface area contributed by atoms with E-state index in [0.29, 0.717) is 16.0 Å². The van der Waals surface area contributed by atoms with Crippen LogP contribution in [0.3, 0.4) is 0 Å². The number of halogens is 1. The number of aliphatic hydroxyl groups excluding tert-OH is 1. The van der Waals surface area contributed by atoms with Gasteiger partial charge in [-0.3, -0.25) is 0 Å². The first-order chi connectivity index (χ1) is 14.8. The third kappa shape index (κ3) is 3.70. The summed E-state index contributed by atoms with van der Waals surface area (Å²) in [6.45, 7) is 7.68. The molecule has 0 aliphatic heterocycles. The molecule has 0 aromatic carbocycles. The number of hydrogen-bond acceptors (Lipinski definition) is 2. The second-order valence-electron chi connectivity index (χ2n) is 11.9. The molecule has 3 heteroatoms. The molecule has 4 aliphatic carbocycles. The van der Waals surface area contributed by atoms with E-state index in [-0.39, 0.29) is 6.10 Å². The Hall–Kier alpha value is -0.860. The van der Waals surface area contributed by atoms with Crippen LogP contribution in [0.15, 0.2) is 29.8 Å². The Balaban J connectivity index is 1.31. The lowest BCUT2D eigenvalue weighted by Crippen LogP contribution is -2.50. The van der Waals surface area contributed by atoms with Crippen LogP contribution in [0.4, 0.5) is 0 Å². The van der Waals surface area contributed by atoms with E-state index in [9.17, 15) is 5.11 Å². The maximum absolute atomic E-state index is 10.2. The van der Waals surface area contributed by atoms with Gasteiger partial charge in [-0.2, -0.15) is 0 Å². The summed E-state index contributed by atoms with van der Waals surface area (Å²) in [5.41, 5.74) is 3.58. The van der Waals surface area contributed by atoms with E-state index >= 15 is 0 Å². The van der Waals surface area contributed by atoms with E-state index in [0.717, 1.165) is 54.5 Å². The van der Waals surface area contributed by atoms with Crippen molar-refractivity contribution in [3.05, 3.63) is 40.7 Å². The highest BCUT2D eigenvalue weighted by Gasteiger charge is 2.59. The van der Waals surface area contributed by atoms with Crippen molar-refractivity contribution in [2.75, 3.05) is 0 Å². The molecule has 1 unspecified atom stereocenters. The zero-order valence-corrected chi connectivity index (χ0v) is 20.4. The maximum atomic E-state index is 10.2. The average molecular weight is 442 g/mol. The summed E-state index contributed by atoms with van der Waals surface area (Å²) in [6.07, 6.45) is 14.7. The summed E-state index contributed by atoms with van der Waals surface area (Å²) in [4.78, 5) is 4.52. The molecule has 1 aromatic heterocycles. The minimum atomic E-state index is -0.101. The monoisotopic (exact) mass is 441 g/mol. The van der Waals surface area contributed by atoms with E-state index in [1.54, 1.807) is 5.57 Å². The Bertz CT molecular complexity index is 851. The van der Waals surface area contributed by atoms with E-state index < -0.39 is 0 Å². The molecule has 1 aromatic rings. The Morgan fingerprint density at radius 3 is 2.77 bits per heavy atom. The number of aliphatic hydroxyl groups is 1. The maximum Gasteiger partial charge on any atom is 0.129 e. The van der Waals surface area contributed by atoms with Crippen molar-refractivity contribution in [3.63, 3.8) is 0 Å². The Morgan fingerprint density at radius 2 is 1.97 bits per heavy atom. The second kappa shape index (κ2) is 8.17. The predicted octanol–water partition coefficient (Wildman–Crippen LogP) is 7.24. The van der Waals surface area contributed by atoms with Gasteiger partial charge < -0.3 is 5.11 Å². The summed E-state index contributed by atoms with van der Waals surface area (Å²) >= 11 is 6.10. The molecule has 1 N–H and O–H groups in total. The Labute approximate surface area is 193 Å². The molecular weight excluding hydrogens is 402 g/mol. The Morgan fingerprint density at radius 1 is 1.13 bits per heavy atom. The van der Waals surface area contributed by atoms with Crippen molar-refractivity contribution >= 4 is 11.6 Å². The second-order valence-corrected chi connectivity index (χ2v) is 12.2. The molecule has 2 nitrogen and oxygen atoms in total. The first kappa shape index (κ1) is 22.0. The lowest BCUT2D eigenvalue weighted by Gasteiger charge is -2.58. The zero-order chi connectivity index (χ0) is 21.8. The summed E-state index contributed by atoms with van der Waals surface area (Å²) in [7, 11) is 0. The molecule has 0 radical (unpaired) electrons. The fourth-order valence-electron chi connectivity index (χ4n) is 8.78. The molecular formula is C28H40ClNO. The SMILES string of the molecule is CC(CCc1cccc(Cl)n1)[C@H]1CC[C@H]2[C@@H]3CC=C4C[C@@H](O)CC[C@]4(C)[C@H]3CC[C@]12C. The fraction of sp³-hybridized carbons (Fsp3) is 0.750. The van der Waals surface area contributed by atoms with Gasteiger partial charge >= 0.3 is 0 Å². The van der Waals surface area contributed by atoms with E-state index in [4.69, 9.17) is 11.6 Å². The molecule has 8 atom stereocenters. The molecule has 4 aliphatic rings. The van der Waals surface area contributed by atoms with Crippen molar-refractivity contribution in [1.29, 1.82) is 0 Å². The van der Waals surface area contributed by atoms with Crippen LogP contribution in [-0.2, 0) is 6.42 Å². The fourth-order valence-corrected chi connectivity index (χ4v) is 8.96. The first-order valence-corrected chi connectivity index (χ1v) is 13.2. The van der Waals surface area contributed by atoms with Crippen LogP contribution < -0.4 is 0 Å². The van der Waals surface area contributed by atoms with Crippen LogP contribution in [0.2, 0.25) is 5.15 Å². The standard InChI is InChI=1S/C28H40ClNO/c1-18(7-9-20-5-4-6-26(29)30-20)23-11-12-24-22-10-8-19-17-21(31)13-15-27(19,2)25(22)14-16-28(23,24)3/h4-6,8,18,21-25,31H,7,9-17H2,1-3H3/t18?,21-,22-,23+,24-,25-,27-,28+/m0/s1. The molecule has 0 bridgehead atoms. The number of hydrogen-bond donors (Lipinski definition) is 1. The number of rotatable bonds is 4. The lowest BCUT2D eigenvalue weighted by atomic mass is 9.47. The molecule has 170 valence electrons. The molecule has 31 heavy (non-hydrogen) atoms. The highest BCUT2D eigenvalue weighted by Crippen LogP contribution is 2.67. The Kier molecular flexibility index (Phi) is 5.79. The van der Waals surface area contributed by atoms with Crippen molar-refractivity contribution in [2.24, 2.45) is 40.4 Å². The van der Waals surface area contributed by atoms with Gasteiger partial charge in [0.2, 0.25) is 0 Å². The quantitative estimate of drug-likeness (QED) is 0.394. The van der Waals surface area contributed by atoms with Gasteiger partial charge in [0, 0.05) is 5.69 Å². The average Bonchev–Trinajstić information content (AvgIpc) is 3.10. The van der Waals surface area contributed by atoms with Crippen LogP contribution >= 0.6 is 11.6 Å². The molecule has 0 spiro atoms. The first-order valence-electron chi connectivity index (χ1n) is 12.8. The van der Waals surface area contributed by atoms with Gasteiger partial charge in [0.1, 0.15) is 5.15 Å². The van der Waals surface area contributed by atoms with Gasteiger partial charge in [-0.25, -0.2) is 4.98 Å². The number of allylic oxidation sites excluding steroid dienone is 1. The number of aromatic nitrogens is 1. The number of fused-ring (bicyclic) bond motifs is 5. The summed E-state index contributed by atoms with van der Waals surface area (Å²) in [6, 6.07) is 6.02. The lowest BCUT2D eigenvalue weighted by molar-refractivity contribution is -0.0571. The van der Waals surface area contributed by atoms with Crippen LogP contribution in [0.1, 0.15) is 84.3 Å². The normalized spacial score (nSPS) is 42.9. The van der Waals surface area contributed by atoms with Crippen molar-refractivity contribution < 1.29 is 5.11 Å². The summed E-state index contributed by atoms with van der Waals surface area (Å²) < 4.78 is 0. The van der Waals surface area contributed by atoms with Crippen LogP contribution in [0, 0.1) is 40.4 Å². The molecule has 3 saturated carbocycles. The summed E-state index contributed by atoms with van der Waals surface area (Å²) in [5, 5.41) is 10.9. The predicted molar refractivity (Wildman–Crippen MR) is 128 cm³/mol. The van der Waals surface area contributed by atoms with Gasteiger partial charge in [-0.05, 0) is 117 Å². The van der Waals surface area contributed by atoms with E-state index in [1.807, 2.05) is 12.1 Å². The number of pyridine rings is 1. The third-order valence-corrected chi connectivity index (χ3v) is 10.7. The van der Waals surface area contributed by atoms with Crippen LogP contribution in [0.5, 0.6) is 0 Å². The van der Waals surface area contributed by atoms with Gasteiger partial charge in [-0.1, -0.05) is 50.1 Å².